The normalized spacial score (nSPS) is 13.6. The Morgan fingerprint density at radius 3 is 1.40 bits per heavy atom. The number of carbonyl (C=O) groups is 2. The van der Waals surface area contributed by atoms with Crippen LogP contribution in [0.15, 0.2) is 0 Å². The van der Waals surface area contributed by atoms with E-state index in [2.05, 4.69) is 10.6 Å². The highest BCUT2D eigenvalue weighted by atomic mass is 16.2. The molecule has 0 bridgehead atoms. The first kappa shape index (κ1) is 18.9. The number of amides is 2. The highest BCUT2D eigenvalue weighted by Crippen LogP contribution is 2.03. The Kier molecular flexibility index (Phi) is 11.1. The van der Waals surface area contributed by atoms with Crippen molar-refractivity contribution in [3.8, 4) is 0 Å². The second-order valence-corrected chi connectivity index (χ2v) is 5.61. The maximum absolute atomic E-state index is 11.5. The molecule has 4 nitrogen and oxygen atoms in total. The molecule has 0 aromatic rings. The minimum atomic E-state index is 0.116. The van der Waals surface area contributed by atoms with Crippen molar-refractivity contribution in [3.63, 3.8) is 0 Å². The van der Waals surface area contributed by atoms with E-state index in [1.807, 2.05) is 27.7 Å². The van der Waals surface area contributed by atoms with E-state index in [9.17, 15) is 9.59 Å². The Labute approximate surface area is 124 Å². The molecule has 0 fully saturated rings. The van der Waals surface area contributed by atoms with Gasteiger partial charge in [0.15, 0.2) is 0 Å². The molecule has 0 spiro atoms. The highest BCUT2D eigenvalue weighted by Gasteiger charge is 2.09. The summed E-state index contributed by atoms with van der Waals surface area (Å²) >= 11 is 0. The SMILES string of the molecule is CCC(C)C(=O)NCCCCCCNC(=O)C(C)CC. The third kappa shape index (κ3) is 8.94. The van der Waals surface area contributed by atoms with Gasteiger partial charge in [-0.05, 0) is 25.7 Å². The van der Waals surface area contributed by atoms with Crippen molar-refractivity contribution < 1.29 is 9.59 Å². The second kappa shape index (κ2) is 11.7. The van der Waals surface area contributed by atoms with Gasteiger partial charge in [-0.2, -0.15) is 0 Å². The molecule has 2 amide bonds. The van der Waals surface area contributed by atoms with E-state index in [1.54, 1.807) is 0 Å². The second-order valence-electron chi connectivity index (χ2n) is 5.61. The van der Waals surface area contributed by atoms with E-state index in [1.165, 1.54) is 0 Å². The van der Waals surface area contributed by atoms with Crippen molar-refractivity contribution in [1.29, 1.82) is 0 Å². The van der Waals surface area contributed by atoms with E-state index in [0.29, 0.717) is 0 Å². The van der Waals surface area contributed by atoms with Gasteiger partial charge in [-0.3, -0.25) is 9.59 Å². The summed E-state index contributed by atoms with van der Waals surface area (Å²) in [6.07, 6.45) is 6.01. The standard InChI is InChI=1S/C16H32N2O2/c1-5-13(3)15(19)17-11-9-7-8-10-12-18-16(20)14(4)6-2/h13-14H,5-12H2,1-4H3,(H,17,19)(H,18,20). The summed E-state index contributed by atoms with van der Waals surface area (Å²) in [5.41, 5.74) is 0. The summed E-state index contributed by atoms with van der Waals surface area (Å²) in [6.45, 7) is 9.49. The molecule has 0 aliphatic heterocycles. The van der Waals surface area contributed by atoms with E-state index in [-0.39, 0.29) is 23.7 Å². The van der Waals surface area contributed by atoms with E-state index < -0.39 is 0 Å². The van der Waals surface area contributed by atoms with E-state index >= 15 is 0 Å². The molecule has 0 rings (SSSR count). The van der Waals surface area contributed by atoms with E-state index in [4.69, 9.17) is 0 Å². The lowest BCUT2D eigenvalue weighted by atomic mass is 10.1. The van der Waals surface area contributed by atoms with Crippen LogP contribution in [0.5, 0.6) is 0 Å². The molecule has 2 atom stereocenters. The van der Waals surface area contributed by atoms with Crippen LogP contribution in [0.1, 0.15) is 66.2 Å². The molecule has 0 saturated carbocycles. The van der Waals surface area contributed by atoms with Crippen LogP contribution in [0.4, 0.5) is 0 Å². The van der Waals surface area contributed by atoms with Gasteiger partial charge >= 0.3 is 0 Å². The number of rotatable bonds is 11. The Morgan fingerprint density at radius 2 is 1.10 bits per heavy atom. The van der Waals surface area contributed by atoms with Crippen LogP contribution in [0, 0.1) is 11.8 Å². The summed E-state index contributed by atoms with van der Waals surface area (Å²) in [7, 11) is 0. The molecular weight excluding hydrogens is 252 g/mol. The minimum Gasteiger partial charge on any atom is -0.356 e. The lowest BCUT2D eigenvalue weighted by Gasteiger charge is -2.10. The average Bonchev–Trinajstić information content (AvgIpc) is 2.47. The first-order valence-electron chi connectivity index (χ1n) is 8.08. The fourth-order valence-corrected chi connectivity index (χ4v) is 1.75. The van der Waals surface area contributed by atoms with Crippen molar-refractivity contribution in [1.82, 2.24) is 10.6 Å². The zero-order chi connectivity index (χ0) is 15.4. The molecule has 2 N–H and O–H groups in total. The van der Waals surface area contributed by atoms with Crippen molar-refractivity contribution in [2.45, 2.75) is 66.2 Å². The van der Waals surface area contributed by atoms with Crippen molar-refractivity contribution in [2.75, 3.05) is 13.1 Å². The molecule has 0 aromatic carbocycles. The first-order chi connectivity index (χ1) is 9.52. The predicted octanol–water partition coefficient (Wildman–Crippen LogP) is 2.87. The summed E-state index contributed by atoms with van der Waals surface area (Å²) in [4.78, 5) is 23.0. The van der Waals surface area contributed by atoms with Crippen LogP contribution in [0.3, 0.4) is 0 Å². The van der Waals surface area contributed by atoms with Gasteiger partial charge in [0.05, 0.1) is 0 Å². The smallest absolute Gasteiger partial charge is 0.222 e. The largest absolute Gasteiger partial charge is 0.356 e. The van der Waals surface area contributed by atoms with E-state index in [0.717, 1.165) is 51.6 Å². The van der Waals surface area contributed by atoms with Gasteiger partial charge in [0.25, 0.3) is 0 Å². The van der Waals surface area contributed by atoms with Crippen LogP contribution in [-0.4, -0.2) is 24.9 Å². The molecule has 0 heterocycles. The Hall–Kier alpha value is -1.06. The summed E-state index contributed by atoms with van der Waals surface area (Å²) in [5, 5.41) is 5.91. The molecule has 20 heavy (non-hydrogen) atoms. The molecule has 0 radical (unpaired) electrons. The Bertz CT molecular complexity index is 252. The average molecular weight is 284 g/mol. The number of carbonyl (C=O) groups excluding carboxylic acids is 2. The van der Waals surface area contributed by atoms with Crippen LogP contribution in [0.25, 0.3) is 0 Å². The molecule has 0 aliphatic rings. The quantitative estimate of drug-likeness (QED) is 0.573. The van der Waals surface area contributed by atoms with Gasteiger partial charge in [-0.25, -0.2) is 0 Å². The predicted molar refractivity (Wildman–Crippen MR) is 83.4 cm³/mol. The maximum atomic E-state index is 11.5. The van der Waals surface area contributed by atoms with Gasteiger partial charge in [-0.1, -0.05) is 40.5 Å². The van der Waals surface area contributed by atoms with Crippen LogP contribution >= 0.6 is 0 Å². The molecule has 118 valence electrons. The fraction of sp³-hybridized carbons (Fsp3) is 0.875. The zero-order valence-electron chi connectivity index (χ0n) is 13.6. The van der Waals surface area contributed by atoms with Crippen LogP contribution in [0.2, 0.25) is 0 Å². The Balaban J connectivity index is 3.37. The number of hydrogen-bond donors (Lipinski definition) is 2. The molecule has 0 saturated heterocycles. The molecule has 4 heteroatoms. The summed E-state index contributed by atoms with van der Waals surface area (Å²) in [5.74, 6) is 0.554. The lowest BCUT2D eigenvalue weighted by Crippen LogP contribution is -2.30. The van der Waals surface area contributed by atoms with Crippen molar-refractivity contribution in [2.24, 2.45) is 11.8 Å². The monoisotopic (exact) mass is 284 g/mol. The summed E-state index contributed by atoms with van der Waals surface area (Å²) < 4.78 is 0. The molecule has 2 unspecified atom stereocenters. The van der Waals surface area contributed by atoms with Gasteiger partial charge in [-0.15, -0.1) is 0 Å². The first-order valence-corrected chi connectivity index (χ1v) is 8.08. The van der Waals surface area contributed by atoms with Gasteiger partial charge in [0.1, 0.15) is 0 Å². The fourth-order valence-electron chi connectivity index (χ4n) is 1.75. The van der Waals surface area contributed by atoms with Crippen molar-refractivity contribution in [3.05, 3.63) is 0 Å². The number of unbranched alkanes of at least 4 members (excludes halogenated alkanes) is 3. The number of hydrogen-bond acceptors (Lipinski definition) is 2. The third-order valence-corrected chi connectivity index (χ3v) is 3.82. The maximum Gasteiger partial charge on any atom is 0.222 e. The van der Waals surface area contributed by atoms with Gasteiger partial charge in [0.2, 0.25) is 11.8 Å². The minimum absolute atomic E-state index is 0.116. The zero-order valence-corrected chi connectivity index (χ0v) is 13.6. The third-order valence-electron chi connectivity index (χ3n) is 3.82. The number of nitrogens with one attached hydrogen (secondary N) is 2. The lowest BCUT2D eigenvalue weighted by molar-refractivity contribution is -0.125. The van der Waals surface area contributed by atoms with Gasteiger partial charge < -0.3 is 10.6 Å². The summed E-state index contributed by atoms with van der Waals surface area (Å²) in [6, 6.07) is 0. The molecule has 0 aromatic heterocycles. The van der Waals surface area contributed by atoms with Crippen LogP contribution < -0.4 is 10.6 Å². The highest BCUT2D eigenvalue weighted by molar-refractivity contribution is 5.78. The topological polar surface area (TPSA) is 58.2 Å². The molecule has 0 aliphatic carbocycles. The van der Waals surface area contributed by atoms with Crippen molar-refractivity contribution >= 4 is 11.8 Å². The Morgan fingerprint density at radius 1 is 0.750 bits per heavy atom. The van der Waals surface area contributed by atoms with Gasteiger partial charge in [0, 0.05) is 24.9 Å². The van der Waals surface area contributed by atoms with Crippen LogP contribution in [-0.2, 0) is 9.59 Å². The molecular formula is C16H32N2O2.